The first-order chi connectivity index (χ1) is 8.76. The summed E-state index contributed by atoms with van der Waals surface area (Å²) in [7, 11) is 0. The number of alkyl halides is 4. The molecular weight excluding hydrogens is 454 g/mol. The number of halogens is 2. The van der Waals surface area contributed by atoms with Crippen LogP contribution < -0.4 is 42.4 Å². The van der Waals surface area contributed by atoms with E-state index in [0.29, 0.717) is 37.8 Å². The Labute approximate surface area is 132 Å². The van der Waals surface area contributed by atoms with Gasteiger partial charge in [-0.2, -0.15) is 0 Å². The summed E-state index contributed by atoms with van der Waals surface area (Å²) >= 11 is 0.388. The van der Waals surface area contributed by atoms with Crippen LogP contribution in [0, 0.1) is 11.3 Å². The number of aliphatic hydroxyl groups excluding tert-OH is 2. The molecule has 1 aliphatic carbocycles. The Bertz CT molecular complexity index is 262. The Morgan fingerprint density at radius 1 is 1.28 bits per heavy atom. The third kappa shape index (κ3) is 3.52. The van der Waals surface area contributed by atoms with E-state index in [1.807, 2.05) is 0 Å². The molecule has 3 unspecified atom stereocenters. The van der Waals surface area contributed by atoms with Gasteiger partial charge in [0.2, 0.25) is 0 Å². The van der Waals surface area contributed by atoms with E-state index in [-0.39, 0.29) is 21.2 Å². The van der Waals surface area contributed by atoms with Crippen LogP contribution in [0.5, 0.6) is 0 Å². The summed E-state index contributed by atoms with van der Waals surface area (Å²) in [5.41, 5.74) is 0.606. The van der Waals surface area contributed by atoms with Gasteiger partial charge in [0.1, 0.15) is 0 Å². The van der Waals surface area contributed by atoms with Gasteiger partial charge >= 0.3 is 133 Å². The molecule has 4 heteroatoms. The van der Waals surface area contributed by atoms with Crippen molar-refractivity contribution in [1.82, 2.24) is 0 Å². The van der Waals surface area contributed by atoms with E-state index in [2.05, 4.69) is 6.92 Å². The van der Waals surface area contributed by atoms with Gasteiger partial charge in [0.15, 0.2) is 0 Å². The summed E-state index contributed by atoms with van der Waals surface area (Å²) < 4.78 is 3.89. The molecule has 2 fully saturated rings. The topological polar surface area (TPSA) is 40.5 Å². The number of aliphatic hydroxyl groups is 2. The van der Waals surface area contributed by atoms with Crippen LogP contribution in [0.4, 0.5) is 0 Å². The van der Waals surface area contributed by atoms with Gasteiger partial charge in [-0.05, 0) is 0 Å². The summed E-state index contributed by atoms with van der Waals surface area (Å²) in [5, 5.41) is 18.3. The van der Waals surface area contributed by atoms with Crippen molar-refractivity contribution in [3.63, 3.8) is 0 Å². The van der Waals surface area contributed by atoms with Gasteiger partial charge in [0.25, 0.3) is 0 Å². The summed E-state index contributed by atoms with van der Waals surface area (Å²) in [6, 6.07) is 0. The first-order valence-electron chi connectivity index (χ1n) is 7.14. The summed E-state index contributed by atoms with van der Waals surface area (Å²) in [4.78, 5) is 0. The molecule has 1 saturated heterocycles. The van der Waals surface area contributed by atoms with Crippen LogP contribution in [-0.4, -0.2) is 33.7 Å². The van der Waals surface area contributed by atoms with E-state index in [0.717, 1.165) is 20.2 Å². The van der Waals surface area contributed by atoms with E-state index >= 15 is 0 Å². The number of hydrogen-bond donors (Lipinski definition) is 2. The Balaban J connectivity index is 1.90. The second-order valence-electron chi connectivity index (χ2n) is 5.65. The molecule has 1 aliphatic heterocycles. The molecule has 1 heterocycles. The minimum atomic E-state index is 0.0128. The number of rotatable bonds is 8. The van der Waals surface area contributed by atoms with Crippen LogP contribution in [0.25, 0.3) is 0 Å². The molecule has 0 aromatic carbocycles. The maximum atomic E-state index is 9.18. The predicted molar refractivity (Wildman–Crippen MR) is 65.9 cm³/mol. The van der Waals surface area contributed by atoms with Crippen molar-refractivity contribution in [3.05, 3.63) is 0 Å². The van der Waals surface area contributed by atoms with Crippen molar-refractivity contribution in [2.75, 3.05) is 15.6 Å². The maximum absolute atomic E-state index is 9.18. The van der Waals surface area contributed by atoms with Crippen molar-refractivity contribution in [2.24, 2.45) is 11.3 Å². The molecule has 18 heavy (non-hydrogen) atoms. The van der Waals surface area contributed by atoms with E-state index in [9.17, 15) is 5.11 Å². The molecule has 2 N–H and O–H groups in total. The number of hydrogen-bond acceptors (Lipinski definition) is 2. The molecule has 2 aliphatic rings. The van der Waals surface area contributed by atoms with Crippen LogP contribution in [0.2, 0.25) is 0 Å². The molecule has 1 saturated carbocycles. The Morgan fingerprint density at radius 2 is 2.11 bits per heavy atom. The Kier molecular flexibility index (Phi) is 6.49. The van der Waals surface area contributed by atoms with E-state index < -0.39 is 0 Å². The molecule has 0 aromatic rings. The average Bonchev–Trinajstić information content (AvgIpc) is 2.84. The molecule has 2 rings (SSSR count). The van der Waals surface area contributed by atoms with Crippen molar-refractivity contribution in [1.29, 1.82) is 0 Å². The van der Waals surface area contributed by atoms with E-state index in [4.69, 9.17) is 5.11 Å². The summed E-state index contributed by atoms with van der Waals surface area (Å²) in [6.45, 7) is 2.68. The Morgan fingerprint density at radius 3 is 2.78 bits per heavy atom. The zero-order valence-corrected chi connectivity index (χ0v) is 15.6. The van der Waals surface area contributed by atoms with Gasteiger partial charge in [0, 0.05) is 0 Å². The molecule has 110 valence electrons. The second kappa shape index (κ2) is 7.41. The molecule has 0 radical (unpaired) electrons. The second-order valence-corrected chi connectivity index (χ2v) is 12.2. The summed E-state index contributed by atoms with van der Waals surface area (Å²) in [6.07, 6.45) is 8.16. The summed E-state index contributed by atoms with van der Waals surface area (Å²) in [5.74, 6) is 0.804. The standard InChI is InChI=1S/C14H26I2O2/c1-2-3-12-4-5-13(16-12)14(9-15-10-18)8-11(14)6-7-17/h11-13,17-18H,2-10H2,1H3/q-2/t11-,12?,13?,14?/m1/s1. The SMILES string of the molecule is CCCC1CCC(C2(C[I-]CO)C[C@H]2CCO)[I-]1. The van der Waals surface area contributed by atoms with E-state index in [1.54, 1.807) is 0 Å². The monoisotopic (exact) mass is 480 g/mol. The van der Waals surface area contributed by atoms with Crippen molar-refractivity contribution >= 4 is 0 Å². The Hall–Kier alpha value is 1.38. The predicted octanol–water partition coefficient (Wildman–Crippen LogP) is -4.17. The molecule has 2 nitrogen and oxygen atoms in total. The first kappa shape index (κ1) is 15.8. The van der Waals surface area contributed by atoms with Crippen molar-refractivity contribution in [3.8, 4) is 0 Å². The molecule has 0 amide bonds. The minimum absolute atomic E-state index is 0.0128. The van der Waals surface area contributed by atoms with Crippen LogP contribution in [-0.2, 0) is 0 Å². The third-order valence-corrected chi connectivity index (χ3v) is 11.9. The zero-order chi connectivity index (χ0) is 13.0. The van der Waals surface area contributed by atoms with Crippen LogP contribution in [0.3, 0.4) is 0 Å². The van der Waals surface area contributed by atoms with Crippen LogP contribution in [0.1, 0.15) is 45.4 Å². The first-order valence-corrected chi connectivity index (χ1v) is 12.7. The molecular formula is C14H26I2O2-2. The third-order valence-electron chi connectivity index (χ3n) is 4.47. The van der Waals surface area contributed by atoms with Crippen LogP contribution >= 0.6 is 0 Å². The normalized spacial score (nSPS) is 39.8. The van der Waals surface area contributed by atoms with E-state index in [1.165, 1.54) is 36.5 Å². The fraction of sp³-hybridized carbons (Fsp3) is 1.00. The van der Waals surface area contributed by atoms with Gasteiger partial charge in [-0.3, -0.25) is 0 Å². The van der Waals surface area contributed by atoms with Gasteiger partial charge in [-0.15, -0.1) is 0 Å². The van der Waals surface area contributed by atoms with Gasteiger partial charge in [0.05, 0.1) is 0 Å². The molecule has 0 spiro atoms. The average molecular weight is 480 g/mol. The zero-order valence-electron chi connectivity index (χ0n) is 11.2. The van der Waals surface area contributed by atoms with Crippen LogP contribution in [0.15, 0.2) is 0 Å². The van der Waals surface area contributed by atoms with Gasteiger partial charge in [-0.25, -0.2) is 0 Å². The molecule has 0 bridgehead atoms. The van der Waals surface area contributed by atoms with Gasteiger partial charge < -0.3 is 0 Å². The van der Waals surface area contributed by atoms with Crippen molar-refractivity contribution in [2.45, 2.75) is 53.3 Å². The molecule has 0 aromatic heterocycles. The van der Waals surface area contributed by atoms with Gasteiger partial charge in [-0.1, -0.05) is 0 Å². The van der Waals surface area contributed by atoms with Crippen molar-refractivity contribution < 1.29 is 52.6 Å². The fourth-order valence-corrected chi connectivity index (χ4v) is 12.3. The molecule has 4 atom stereocenters. The fourth-order valence-electron chi connectivity index (χ4n) is 3.40. The quantitative estimate of drug-likeness (QED) is 0.274.